The normalized spacial score (nSPS) is 23.6. The molecule has 3 N–H and O–H groups in total. The van der Waals surface area contributed by atoms with Gasteiger partial charge in [0.15, 0.2) is 29.5 Å². The maximum atomic E-state index is 12.1. The second-order valence-electron chi connectivity index (χ2n) is 9.01. The number of rotatable bonds is 8. The molecule has 0 radical (unpaired) electrons. The SMILES string of the molecule is CCNC(=O)Nc1ncnc2c1ncn2C1OC(COc2ncccc2C(=O)O)C2O[C@@H](c3ccccc3)OC21. The summed E-state index contributed by atoms with van der Waals surface area (Å²) in [5, 5.41) is 14.8. The lowest BCUT2D eigenvalue weighted by Crippen LogP contribution is -2.33. The number of pyridine rings is 1. The Hall–Kier alpha value is -4.66. The number of imidazole rings is 1. The van der Waals surface area contributed by atoms with Gasteiger partial charge in [0.25, 0.3) is 0 Å². The van der Waals surface area contributed by atoms with Crippen LogP contribution >= 0.6 is 0 Å². The van der Waals surface area contributed by atoms with Crippen LogP contribution in [-0.4, -0.2) is 73.1 Å². The summed E-state index contributed by atoms with van der Waals surface area (Å²) >= 11 is 0. The summed E-state index contributed by atoms with van der Waals surface area (Å²) in [4.78, 5) is 40.7. The number of amides is 2. The number of carboxylic acids is 1. The third-order valence-corrected chi connectivity index (χ3v) is 6.51. The molecule has 0 aliphatic carbocycles. The first kappa shape index (κ1) is 25.6. The molecular weight excluding hydrogens is 522 g/mol. The molecule has 2 amide bonds. The summed E-state index contributed by atoms with van der Waals surface area (Å²) < 4.78 is 26.5. The number of nitrogens with zero attached hydrogens (tertiary/aromatic N) is 5. The van der Waals surface area contributed by atoms with Crippen molar-refractivity contribution >= 4 is 29.0 Å². The van der Waals surface area contributed by atoms with Gasteiger partial charge in [0, 0.05) is 18.3 Å². The lowest BCUT2D eigenvalue weighted by atomic mass is 10.1. The Bertz CT molecular complexity index is 1530. The van der Waals surface area contributed by atoms with Crippen LogP contribution in [0.25, 0.3) is 11.2 Å². The van der Waals surface area contributed by atoms with E-state index in [1.54, 1.807) is 11.5 Å². The van der Waals surface area contributed by atoms with Crippen molar-refractivity contribution in [3.63, 3.8) is 0 Å². The number of carbonyl (C=O) groups is 2. The van der Waals surface area contributed by atoms with Crippen LogP contribution in [-0.2, 0) is 14.2 Å². The highest BCUT2D eigenvalue weighted by Gasteiger charge is 2.54. The number of nitrogens with one attached hydrogen (secondary N) is 2. The van der Waals surface area contributed by atoms with E-state index in [4.69, 9.17) is 18.9 Å². The number of carbonyl (C=O) groups excluding carboxylic acids is 1. The summed E-state index contributed by atoms with van der Waals surface area (Å²) in [5.41, 5.74) is 1.55. The van der Waals surface area contributed by atoms with Crippen molar-refractivity contribution in [3.8, 4) is 5.88 Å². The lowest BCUT2D eigenvalue weighted by Gasteiger charge is -2.21. The van der Waals surface area contributed by atoms with Crippen LogP contribution in [0.4, 0.5) is 10.6 Å². The number of hydrogen-bond acceptors (Lipinski definition) is 10. The average molecular weight is 548 g/mol. The number of fused-ring (bicyclic) bond motifs is 2. The van der Waals surface area contributed by atoms with Crippen molar-refractivity contribution < 1.29 is 33.6 Å². The fourth-order valence-electron chi connectivity index (χ4n) is 4.73. The van der Waals surface area contributed by atoms with Crippen molar-refractivity contribution in [2.24, 2.45) is 0 Å². The first-order valence-electron chi connectivity index (χ1n) is 12.6. The van der Waals surface area contributed by atoms with E-state index >= 15 is 0 Å². The molecule has 0 saturated carbocycles. The molecule has 6 rings (SSSR count). The number of carboxylic acid groups (broad SMARTS) is 1. The number of ether oxygens (including phenoxy) is 4. The smallest absolute Gasteiger partial charge is 0.341 e. The first-order chi connectivity index (χ1) is 19.5. The Labute approximate surface area is 227 Å². The van der Waals surface area contributed by atoms with Crippen LogP contribution in [0.3, 0.4) is 0 Å². The van der Waals surface area contributed by atoms with Gasteiger partial charge in [0.1, 0.15) is 36.8 Å². The largest absolute Gasteiger partial charge is 0.477 e. The van der Waals surface area contributed by atoms with E-state index in [1.807, 2.05) is 30.3 Å². The molecule has 1 aromatic carbocycles. The van der Waals surface area contributed by atoms with Crippen LogP contribution in [0, 0.1) is 0 Å². The van der Waals surface area contributed by atoms with Crippen LogP contribution in [0.15, 0.2) is 61.3 Å². The van der Waals surface area contributed by atoms with E-state index in [2.05, 4.69) is 30.6 Å². The van der Waals surface area contributed by atoms with Gasteiger partial charge < -0.3 is 29.4 Å². The number of hydrogen-bond donors (Lipinski definition) is 3. The minimum atomic E-state index is -1.16. The standard InChI is InChI=1S/C26H25N7O7/c1-2-27-26(36)32-20-17-21(30-12-29-20)33(13-31-17)23-19-18(39-25(40-19)14-7-4-3-5-8-14)16(38-23)11-37-22-15(24(34)35)9-6-10-28-22/h3-10,12-13,16,18-19,23,25H,2,11H2,1H3,(H,34,35)(H2,27,29,30,32,36)/t16?,18?,19?,23?,25-/m1/s1. The van der Waals surface area contributed by atoms with Gasteiger partial charge in [-0.05, 0) is 19.1 Å². The van der Waals surface area contributed by atoms with Gasteiger partial charge in [-0.15, -0.1) is 0 Å². The zero-order valence-electron chi connectivity index (χ0n) is 21.2. The average Bonchev–Trinajstić information content (AvgIpc) is 3.67. The number of anilines is 1. The lowest BCUT2D eigenvalue weighted by molar-refractivity contribution is -0.152. The third kappa shape index (κ3) is 4.79. The maximum absolute atomic E-state index is 12.1. The fraction of sp³-hybridized carbons (Fsp3) is 0.308. The predicted molar refractivity (Wildman–Crippen MR) is 138 cm³/mol. The van der Waals surface area contributed by atoms with Crippen LogP contribution in [0.1, 0.15) is 35.4 Å². The number of aromatic carboxylic acids is 1. The van der Waals surface area contributed by atoms with Crippen molar-refractivity contribution in [2.75, 3.05) is 18.5 Å². The predicted octanol–water partition coefficient (Wildman–Crippen LogP) is 2.52. The number of aromatic nitrogens is 5. The molecule has 5 atom stereocenters. The molecule has 2 fully saturated rings. The highest BCUT2D eigenvalue weighted by Crippen LogP contribution is 2.45. The fourth-order valence-corrected chi connectivity index (χ4v) is 4.73. The first-order valence-corrected chi connectivity index (χ1v) is 12.6. The zero-order chi connectivity index (χ0) is 27.6. The second kappa shape index (κ2) is 10.8. The molecule has 2 aliphatic rings. The molecule has 40 heavy (non-hydrogen) atoms. The van der Waals surface area contributed by atoms with E-state index in [0.717, 1.165) is 5.56 Å². The Morgan fingerprint density at radius 1 is 1.02 bits per heavy atom. The quantitative estimate of drug-likeness (QED) is 0.296. The summed E-state index contributed by atoms with van der Waals surface area (Å²) in [6.07, 6.45) is 1.11. The molecule has 14 nitrogen and oxygen atoms in total. The minimum Gasteiger partial charge on any atom is -0.477 e. The zero-order valence-corrected chi connectivity index (χ0v) is 21.2. The Kier molecular flexibility index (Phi) is 6.94. The van der Waals surface area contributed by atoms with Gasteiger partial charge in [-0.2, -0.15) is 0 Å². The molecule has 0 bridgehead atoms. The number of benzene rings is 1. The summed E-state index contributed by atoms with van der Waals surface area (Å²) in [6, 6.07) is 12.0. The molecule has 0 spiro atoms. The van der Waals surface area contributed by atoms with E-state index in [9.17, 15) is 14.7 Å². The van der Waals surface area contributed by atoms with Gasteiger partial charge in [-0.25, -0.2) is 29.5 Å². The van der Waals surface area contributed by atoms with Crippen LogP contribution in [0.5, 0.6) is 5.88 Å². The molecule has 2 aliphatic heterocycles. The van der Waals surface area contributed by atoms with Gasteiger partial charge in [-0.1, -0.05) is 30.3 Å². The Morgan fingerprint density at radius 3 is 2.65 bits per heavy atom. The molecule has 206 valence electrons. The van der Waals surface area contributed by atoms with Crippen molar-refractivity contribution in [1.29, 1.82) is 0 Å². The monoisotopic (exact) mass is 547 g/mol. The molecular formula is C26H25N7O7. The molecule has 4 aromatic rings. The van der Waals surface area contributed by atoms with Gasteiger partial charge in [0.05, 0.1) is 6.33 Å². The van der Waals surface area contributed by atoms with Gasteiger partial charge in [0.2, 0.25) is 5.88 Å². The Morgan fingerprint density at radius 2 is 1.85 bits per heavy atom. The Balaban J connectivity index is 1.30. The molecule has 3 aromatic heterocycles. The van der Waals surface area contributed by atoms with Gasteiger partial charge in [-0.3, -0.25) is 9.88 Å². The summed E-state index contributed by atoms with van der Waals surface area (Å²) in [5.74, 6) is -0.942. The van der Waals surface area contributed by atoms with E-state index in [1.165, 1.54) is 31.0 Å². The maximum Gasteiger partial charge on any atom is 0.341 e. The summed E-state index contributed by atoms with van der Waals surface area (Å²) in [7, 11) is 0. The van der Waals surface area contributed by atoms with Crippen LogP contribution < -0.4 is 15.4 Å². The number of urea groups is 1. The highest BCUT2D eigenvalue weighted by atomic mass is 16.8. The molecule has 5 heterocycles. The van der Waals surface area contributed by atoms with E-state index in [-0.39, 0.29) is 23.9 Å². The van der Waals surface area contributed by atoms with Crippen LogP contribution in [0.2, 0.25) is 0 Å². The highest BCUT2D eigenvalue weighted by molar-refractivity contribution is 5.95. The van der Waals surface area contributed by atoms with Crippen molar-refractivity contribution in [1.82, 2.24) is 29.8 Å². The third-order valence-electron chi connectivity index (χ3n) is 6.51. The van der Waals surface area contributed by atoms with Gasteiger partial charge >= 0.3 is 12.0 Å². The van der Waals surface area contributed by atoms with E-state index < -0.39 is 42.8 Å². The van der Waals surface area contributed by atoms with Crippen molar-refractivity contribution in [3.05, 3.63) is 72.4 Å². The second-order valence-corrected chi connectivity index (χ2v) is 9.01. The topological polar surface area (TPSA) is 172 Å². The summed E-state index contributed by atoms with van der Waals surface area (Å²) in [6.45, 7) is 2.20. The molecule has 2 saturated heterocycles. The van der Waals surface area contributed by atoms with Crippen molar-refractivity contribution in [2.45, 2.75) is 37.8 Å². The van der Waals surface area contributed by atoms with E-state index in [0.29, 0.717) is 17.7 Å². The minimum absolute atomic E-state index is 0.0287. The molecule has 4 unspecified atom stereocenters. The molecule has 14 heteroatoms.